The van der Waals surface area contributed by atoms with E-state index in [0.29, 0.717) is 0 Å². The van der Waals surface area contributed by atoms with E-state index in [1.54, 1.807) is 0 Å². The van der Waals surface area contributed by atoms with Crippen LogP contribution in [0.25, 0.3) is 0 Å². The molecule has 0 aliphatic carbocycles. The summed E-state index contributed by atoms with van der Waals surface area (Å²) < 4.78 is 27.8. The van der Waals surface area contributed by atoms with E-state index < -0.39 is 13.0 Å². The standard InChI is InChI=1S/C9H17F2NO2/c1-3-7(2)12-9(13)4-5-14-6-8(10)11/h7-8H,3-6H2,1-2H3,(H,12,13). The van der Waals surface area contributed by atoms with Gasteiger partial charge in [-0.3, -0.25) is 4.79 Å². The van der Waals surface area contributed by atoms with Gasteiger partial charge in [0.1, 0.15) is 6.61 Å². The van der Waals surface area contributed by atoms with Crippen LogP contribution in [0.1, 0.15) is 26.7 Å². The van der Waals surface area contributed by atoms with Gasteiger partial charge in [0.15, 0.2) is 0 Å². The molecule has 0 radical (unpaired) electrons. The maximum atomic E-state index is 11.6. The highest BCUT2D eigenvalue weighted by Crippen LogP contribution is 1.94. The van der Waals surface area contributed by atoms with Crippen LogP contribution in [0.4, 0.5) is 8.78 Å². The molecule has 1 atom stereocenters. The second kappa shape index (κ2) is 7.67. The SMILES string of the molecule is CCC(C)NC(=O)CCOCC(F)F. The van der Waals surface area contributed by atoms with Crippen molar-refractivity contribution >= 4 is 5.91 Å². The molecule has 0 aromatic carbocycles. The summed E-state index contributed by atoms with van der Waals surface area (Å²) in [6.07, 6.45) is -1.48. The van der Waals surface area contributed by atoms with E-state index in [1.165, 1.54) is 0 Å². The smallest absolute Gasteiger partial charge is 0.261 e. The molecule has 0 rings (SSSR count). The molecule has 5 heteroatoms. The number of nitrogens with one attached hydrogen (secondary N) is 1. The Morgan fingerprint density at radius 1 is 1.50 bits per heavy atom. The van der Waals surface area contributed by atoms with Gasteiger partial charge in [-0.25, -0.2) is 8.78 Å². The summed E-state index contributed by atoms with van der Waals surface area (Å²) in [5, 5.41) is 2.71. The van der Waals surface area contributed by atoms with Crippen molar-refractivity contribution in [3.63, 3.8) is 0 Å². The molecule has 0 saturated carbocycles. The lowest BCUT2D eigenvalue weighted by molar-refractivity contribution is -0.123. The number of carbonyl (C=O) groups excluding carboxylic acids is 1. The van der Waals surface area contributed by atoms with Gasteiger partial charge in [-0.1, -0.05) is 6.92 Å². The Balaban J connectivity index is 3.36. The first-order valence-electron chi connectivity index (χ1n) is 4.71. The van der Waals surface area contributed by atoms with Crippen molar-refractivity contribution in [2.45, 2.75) is 39.2 Å². The first-order chi connectivity index (χ1) is 6.56. The lowest BCUT2D eigenvalue weighted by Gasteiger charge is -2.11. The fourth-order valence-electron chi connectivity index (χ4n) is 0.786. The number of alkyl halides is 2. The molecule has 0 aromatic heterocycles. The maximum Gasteiger partial charge on any atom is 0.261 e. The van der Waals surface area contributed by atoms with E-state index >= 15 is 0 Å². The molecule has 0 aliphatic rings. The summed E-state index contributed by atoms with van der Waals surface area (Å²) in [5.74, 6) is -0.159. The first-order valence-corrected chi connectivity index (χ1v) is 4.71. The molecule has 84 valence electrons. The largest absolute Gasteiger partial charge is 0.375 e. The maximum absolute atomic E-state index is 11.6. The Labute approximate surface area is 82.8 Å². The predicted octanol–water partition coefficient (Wildman–Crippen LogP) is 1.57. The lowest BCUT2D eigenvalue weighted by Crippen LogP contribution is -2.32. The Morgan fingerprint density at radius 2 is 2.14 bits per heavy atom. The molecule has 3 nitrogen and oxygen atoms in total. The highest BCUT2D eigenvalue weighted by Gasteiger charge is 2.06. The van der Waals surface area contributed by atoms with Gasteiger partial charge in [0, 0.05) is 12.5 Å². The quantitative estimate of drug-likeness (QED) is 0.646. The third kappa shape index (κ3) is 7.91. The monoisotopic (exact) mass is 209 g/mol. The summed E-state index contributed by atoms with van der Waals surface area (Å²) in [5.41, 5.74) is 0. The van der Waals surface area contributed by atoms with Crippen molar-refractivity contribution in [1.29, 1.82) is 0 Å². The molecular weight excluding hydrogens is 192 g/mol. The van der Waals surface area contributed by atoms with E-state index in [1.807, 2.05) is 13.8 Å². The van der Waals surface area contributed by atoms with E-state index in [-0.39, 0.29) is 25.0 Å². The molecule has 0 saturated heterocycles. The van der Waals surface area contributed by atoms with Crippen molar-refractivity contribution in [3.05, 3.63) is 0 Å². The van der Waals surface area contributed by atoms with Crippen LogP contribution in [0.5, 0.6) is 0 Å². The molecule has 0 fully saturated rings. The number of hydrogen-bond donors (Lipinski definition) is 1. The number of halogens is 2. The zero-order valence-electron chi connectivity index (χ0n) is 8.56. The highest BCUT2D eigenvalue weighted by molar-refractivity contribution is 5.76. The van der Waals surface area contributed by atoms with E-state index in [2.05, 4.69) is 10.1 Å². The minimum Gasteiger partial charge on any atom is -0.375 e. The van der Waals surface area contributed by atoms with E-state index in [4.69, 9.17) is 0 Å². The molecule has 1 N–H and O–H groups in total. The third-order valence-corrected chi connectivity index (χ3v) is 1.74. The highest BCUT2D eigenvalue weighted by atomic mass is 19.3. The van der Waals surface area contributed by atoms with Gasteiger partial charge in [0.25, 0.3) is 6.43 Å². The van der Waals surface area contributed by atoms with Crippen LogP contribution in [0.3, 0.4) is 0 Å². The van der Waals surface area contributed by atoms with Crippen molar-refractivity contribution in [2.75, 3.05) is 13.2 Å². The summed E-state index contributed by atoms with van der Waals surface area (Å²) >= 11 is 0. The lowest BCUT2D eigenvalue weighted by atomic mass is 10.2. The second-order valence-corrected chi connectivity index (χ2v) is 3.09. The van der Waals surface area contributed by atoms with Crippen molar-refractivity contribution in [1.82, 2.24) is 5.32 Å². The Morgan fingerprint density at radius 3 is 2.64 bits per heavy atom. The van der Waals surface area contributed by atoms with Crippen LogP contribution in [0, 0.1) is 0 Å². The fourth-order valence-corrected chi connectivity index (χ4v) is 0.786. The second-order valence-electron chi connectivity index (χ2n) is 3.09. The molecular formula is C9H17F2NO2. The molecule has 0 spiro atoms. The van der Waals surface area contributed by atoms with Gasteiger partial charge >= 0.3 is 0 Å². The number of amides is 1. The minimum absolute atomic E-state index is 0.0482. The zero-order chi connectivity index (χ0) is 11.0. The Kier molecular flexibility index (Phi) is 7.28. The summed E-state index contributed by atoms with van der Waals surface area (Å²) in [6, 6.07) is 0.123. The van der Waals surface area contributed by atoms with Crippen LogP contribution >= 0.6 is 0 Å². The molecule has 0 aliphatic heterocycles. The molecule has 0 aromatic rings. The molecule has 14 heavy (non-hydrogen) atoms. The van der Waals surface area contributed by atoms with Crippen LogP contribution in [0.15, 0.2) is 0 Å². The van der Waals surface area contributed by atoms with Gasteiger partial charge in [-0.2, -0.15) is 0 Å². The Hall–Kier alpha value is -0.710. The van der Waals surface area contributed by atoms with Crippen molar-refractivity contribution in [3.8, 4) is 0 Å². The van der Waals surface area contributed by atoms with Crippen molar-refractivity contribution < 1.29 is 18.3 Å². The van der Waals surface area contributed by atoms with Gasteiger partial charge in [-0.05, 0) is 13.3 Å². The average Bonchev–Trinajstić information content (AvgIpc) is 2.12. The number of rotatable bonds is 7. The van der Waals surface area contributed by atoms with Crippen LogP contribution in [-0.2, 0) is 9.53 Å². The fraction of sp³-hybridized carbons (Fsp3) is 0.889. The zero-order valence-corrected chi connectivity index (χ0v) is 8.56. The summed E-state index contributed by atoms with van der Waals surface area (Å²) in [4.78, 5) is 11.1. The average molecular weight is 209 g/mol. The number of carbonyl (C=O) groups is 1. The van der Waals surface area contributed by atoms with Crippen LogP contribution in [-0.4, -0.2) is 31.6 Å². The first kappa shape index (κ1) is 13.3. The van der Waals surface area contributed by atoms with Gasteiger partial charge in [-0.15, -0.1) is 0 Å². The Bertz CT molecular complexity index is 165. The topological polar surface area (TPSA) is 38.3 Å². The summed E-state index contributed by atoms with van der Waals surface area (Å²) in [7, 11) is 0. The normalized spacial score (nSPS) is 12.9. The summed E-state index contributed by atoms with van der Waals surface area (Å²) in [6.45, 7) is 3.29. The van der Waals surface area contributed by atoms with Crippen LogP contribution in [0.2, 0.25) is 0 Å². The molecule has 0 heterocycles. The molecule has 0 bridgehead atoms. The molecule has 1 unspecified atom stereocenters. The minimum atomic E-state index is -2.47. The van der Waals surface area contributed by atoms with Crippen LogP contribution < -0.4 is 5.32 Å². The van der Waals surface area contributed by atoms with Gasteiger partial charge < -0.3 is 10.1 Å². The third-order valence-electron chi connectivity index (χ3n) is 1.74. The number of ether oxygens (including phenoxy) is 1. The van der Waals surface area contributed by atoms with E-state index in [9.17, 15) is 13.6 Å². The van der Waals surface area contributed by atoms with E-state index in [0.717, 1.165) is 6.42 Å². The predicted molar refractivity (Wildman–Crippen MR) is 49.3 cm³/mol. The van der Waals surface area contributed by atoms with Crippen molar-refractivity contribution in [2.24, 2.45) is 0 Å². The number of hydrogen-bond acceptors (Lipinski definition) is 2. The van der Waals surface area contributed by atoms with Gasteiger partial charge in [0.2, 0.25) is 5.91 Å². The van der Waals surface area contributed by atoms with Gasteiger partial charge in [0.05, 0.1) is 6.61 Å². The molecule has 1 amide bonds.